The molecule has 100 valence electrons. The Bertz CT molecular complexity index is 560. The molecule has 1 aliphatic heterocycles. The Hall–Kier alpha value is -1.85. The average molecular weight is 260 g/mol. The number of nitrogens with one attached hydrogen (secondary N) is 2. The van der Waals surface area contributed by atoms with E-state index >= 15 is 0 Å². The summed E-state index contributed by atoms with van der Waals surface area (Å²) in [4.78, 5) is 11.9. The van der Waals surface area contributed by atoms with Gasteiger partial charge in [-0.2, -0.15) is 0 Å². The molecule has 0 spiro atoms. The predicted molar refractivity (Wildman–Crippen MR) is 70.5 cm³/mol. The molecule has 1 amide bonds. The summed E-state index contributed by atoms with van der Waals surface area (Å²) in [6.07, 6.45) is 0.0355. The second-order valence-electron chi connectivity index (χ2n) is 4.82. The highest BCUT2D eigenvalue weighted by molar-refractivity contribution is 5.82. The SMILES string of the molecule is O=C(NCc1cc2ccccc2o1)[C@@H]1C[C@H](O)CN1. The van der Waals surface area contributed by atoms with Crippen LogP contribution in [0.5, 0.6) is 0 Å². The molecule has 1 fully saturated rings. The minimum atomic E-state index is -0.429. The number of aliphatic hydroxyl groups excluding tert-OH is 1. The largest absolute Gasteiger partial charge is 0.459 e. The highest BCUT2D eigenvalue weighted by Gasteiger charge is 2.27. The number of carbonyl (C=O) groups is 1. The zero-order chi connectivity index (χ0) is 13.2. The lowest BCUT2D eigenvalue weighted by Crippen LogP contribution is -2.39. The maximum absolute atomic E-state index is 11.9. The summed E-state index contributed by atoms with van der Waals surface area (Å²) in [6, 6.07) is 9.35. The lowest BCUT2D eigenvalue weighted by molar-refractivity contribution is -0.123. The Kier molecular flexibility index (Phi) is 3.23. The number of furan rings is 1. The van der Waals surface area contributed by atoms with Crippen molar-refractivity contribution in [2.45, 2.75) is 25.1 Å². The van der Waals surface area contributed by atoms with E-state index in [-0.39, 0.29) is 11.9 Å². The van der Waals surface area contributed by atoms with Gasteiger partial charge >= 0.3 is 0 Å². The van der Waals surface area contributed by atoms with Gasteiger partial charge in [0.15, 0.2) is 0 Å². The number of benzene rings is 1. The molecule has 5 heteroatoms. The summed E-state index contributed by atoms with van der Waals surface area (Å²) in [5.74, 6) is 0.630. The van der Waals surface area contributed by atoms with Gasteiger partial charge in [0.1, 0.15) is 11.3 Å². The number of fused-ring (bicyclic) bond motifs is 1. The minimum Gasteiger partial charge on any atom is -0.459 e. The van der Waals surface area contributed by atoms with Crippen LogP contribution in [-0.2, 0) is 11.3 Å². The Morgan fingerprint density at radius 2 is 2.32 bits per heavy atom. The number of β-amino-alcohol motifs (C(OH)–C–C–N with tert-alkyl or cyclic N) is 1. The fourth-order valence-electron chi connectivity index (χ4n) is 2.34. The molecule has 1 aromatic heterocycles. The first kappa shape index (κ1) is 12.2. The van der Waals surface area contributed by atoms with Crippen LogP contribution in [0, 0.1) is 0 Å². The summed E-state index contributed by atoms with van der Waals surface area (Å²) in [5, 5.41) is 16.2. The lowest BCUT2D eigenvalue weighted by Gasteiger charge is -2.09. The van der Waals surface area contributed by atoms with Crippen molar-refractivity contribution in [3.8, 4) is 0 Å². The number of aliphatic hydroxyl groups is 1. The number of amides is 1. The predicted octanol–water partition coefficient (Wildman–Crippen LogP) is 0.772. The van der Waals surface area contributed by atoms with E-state index in [1.165, 1.54) is 0 Å². The van der Waals surface area contributed by atoms with Crippen molar-refractivity contribution in [2.24, 2.45) is 0 Å². The Balaban J connectivity index is 1.61. The third kappa shape index (κ3) is 2.62. The van der Waals surface area contributed by atoms with Crippen LogP contribution >= 0.6 is 0 Å². The number of rotatable bonds is 3. The van der Waals surface area contributed by atoms with Gasteiger partial charge in [-0.05, 0) is 18.6 Å². The van der Waals surface area contributed by atoms with Crippen molar-refractivity contribution in [1.29, 1.82) is 0 Å². The van der Waals surface area contributed by atoms with Crippen molar-refractivity contribution in [3.05, 3.63) is 36.1 Å². The Morgan fingerprint density at radius 1 is 1.47 bits per heavy atom. The van der Waals surface area contributed by atoms with E-state index in [4.69, 9.17) is 4.42 Å². The molecule has 3 rings (SSSR count). The first-order chi connectivity index (χ1) is 9.22. The highest BCUT2D eigenvalue weighted by Crippen LogP contribution is 2.18. The fourth-order valence-corrected chi connectivity index (χ4v) is 2.34. The number of carbonyl (C=O) groups excluding carboxylic acids is 1. The molecule has 0 radical (unpaired) electrons. The molecule has 0 unspecified atom stereocenters. The standard InChI is InChI=1S/C14H16N2O3/c17-10-6-12(15-7-10)14(18)16-8-11-5-9-3-1-2-4-13(9)19-11/h1-5,10,12,15,17H,6-8H2,(H,16,18)/t10-,12-/m0/s1. The van der Waals surface area contributed by atoms with Crippen LogP contribution in [0.15, 0.2) is 34.7 Å². The maximum Gasteiger partial charge on any atom is 0.237 e. The van der Waals surface area contributed by atoms with E-state index in [1.807, 2.05) is 30.3 Å². The van der Waals surface area contributed by atoms with Crippen LogP contribution in [0.4, 0.5) is 0 Å². The molecule has 2 heterocycles. The topological polar surface area (TPSA) is 74.5 Å². The van der Waals surface area contributed by atoms with Gasteiger partial charge in [-0.15, -0.1) is 0 Å². The van der Waals surface area contributed by atoms with Gasteiger partial charge in [0, 0.05) is 11.9 Å². The second kappa shape index (κ2) is 5.03. The molecular formula is C14H16N2O3. The van der Waals surface area contributed by atoms with Gasteiger partial charge in [-0.1, -0.05) is 18.2 Å². The summed E-state index contributed by atoms with van der Waals surface area (Å²) in [5.41, 5.74) is 0.821. The summed E-state index contributed by atoms with van der Waals surface area (Å²) in [6.45, 7) is 0.838. The third-order valence-electron chi connectivity index (χ3n) is 3.34. The van der Waals surface area contributed by atoms with E-state index in [1.54, 1.807) is 0 Å². The van der Waals surface area contributed by atoms with Gasteiger partial charge in [0.05, 0.1) is 18.7 Å². The molecule has 19 heavy (non-hydrogen) atoms. The molecule has 1 aliphatic rings. The van der Waals surface area contributed by atoms with Crippen LogP contribution in [0.25, 0.3) is 11.0 Å². The summed E-state index contributed by atoms with van der Waals surface area (Å²) < 4.78 is 5.62. The molecule has 0 bridgehead atoms. The highest BCUT2D eigenvalue weighted by atomic mass is 16.3. The van der Waals surface area contributed by atoms with E-state index in [0.717, 1.165) is 16.7 Å². The van der Waals surface area contributed by atoms with Crippen LogP contribution in [0.2, 0.25) is 0 Å². The number of hydrogen-bond donors (Lipinski definition) is 3. The second-order valence-corrected chi connectivity index (χ2v) is 4.82. The van der Waals surface area contributed by atoms with Crippen molar-refractivity contribution >= 4 is 16.9 Å². The molecule has 2 atom stereocenters. The van der Waals surface area contributed by atoms with E-state index in [0.29, 0.717) is 19.5 Å². The third-order valence-corrected chi connectivity index (χ3v) is 3.34. The lowest BCUT2D eigenvalue weighted by atomic mass is 10.2. The normalized spacial score (nSPS) is 22.8. The van der Waals surface area contributed by atoms with Crippen LogP contribution < -0.4 is 10.6 Å². The first-order valence-electron chi connectivity index (χ1n) is 6.39. The fraction of sp³-hybridized carbons (Fsp3) is 0.357. The molecule has 3 N–H and O–H groups in total. The van der Waals surface area contributed by atoms with Crippen molar-refractivity contribution < 1.29 is 14.3 Å². The maximum atomic E-state index is 11.9. The Labute approximate surface area is 110 Å². The zero-order valence-corrected chi connectivity index (χ0v) is 10.4. The average Bonchev–Trinajstić information content (AvgIpc) is 3.01. The summed E-state index contributed by atoms with van der Waals surface area (Å²) >= 11 is 0. The van der Waals surface area contributed by atoms with E-state index in [9.17, 15) is 9.90 Å². The summed E-state index contributed by atoms with van der Waals surface area (Å²) in [7, 11) is 0. The van der Waals surface area contributed by atoms with Gasteiger partial charge in [0.2, 0.25) is 5.91 Å². The van der Waals surface area contributed by atoms with Gasteiger partial charge in [-0.3, -0.25) is 4.79 Å². The van der Waals surface area contributed by atoms with Crippen LogP contribution in [0.1, 0.15) is 12.2 Å². The molecule has 5 nitrogen and oxygen atoms in total. The van der Waals surface area contributed by atoms with Gasteiger partial charge < -0.3 is 20.2 Å². The molecule has 1 aromatic carbocycles. The van der Waals surface area contributed by atoms with Crippen molar-refractivity contribution in [2.75, 3.05) is 6.54 Å². The van der Waals surface area contributed by atoms with Crippen LogP contribution in [0.3, 0.4) is 0 Å². The van der Waals surface area contributed by atoms with Gasteiger partial charge in [-0.25, -0.2) is 0 Å². The minimum absolute atomic E-state index is 0.1000. The molecule has 0 saturated carbocycles. The molecular weight excluding hydrogens is 244 g/mol. The van der Waals surface area contributed by atoms with E-state index < -0.39 is 6.10 Å². The first-order valence-corrected chi connectivity index (χ1v) is 6.39. The monoisotopic (exact) mass is 260 g/mol. The number of para-hydroxylation sites is 1. The quantitative estimate of drug-likeness (QED) is 0.762. The molecule has 0 aliphatic carbocycles. The molecule has 2 aromatic rings. The van der Waals surface area contributed by atoms with Crippen molar-refractivity contribution in [3.63, 3.8) is 0 Å². The van der Waals surface area contributed by atoms with Crippen LogP contribution in [-0.4, -0.2) is 29.7 Å². The smallest absolute Gasteiger partial charge is 0.237 e. The number of hydrogen-bond acceptors (Lipinski definition) is 4. The Morgan fingerprint density at radius 3 is 3.05 bits per heavy atom. The van der Waals surface area contributed by atoms with Crippen molar-refractivity contribution in [1.82, 2.24) is 10.6 Å². The van der Waals surface area contributed by atoms with E-state index in [2.05, 4.69) is 10.6 Å². The zero-order valence-electron chi connectivity index (χ0n) is 10.4. The molecule has 1 saturated heterocycles. The van der Waals surface area contributed by atoms with Gasteiger partial charge in [0.25, 0.3) is 0 Å².